The van der Waals surface area contributed by atoms with Crippen molar-refractivity contribution in [1.82, 2.24) is 0 Å². The van der Waals surface area contributed by atoms with Gasteiger partial charge in [-0.2, -0.15) is 0 Å². The summed E-state index contributed by atoms with van der Waals surface area (Å²) < 4.78 is 15.0. The first-order chi connectivity index (χ1) is 12.1. The van der Waals surface area contributed by atoms with Crippen LogP contribution in [0, 0.1) is 11.3 Å². The van der Waals surface area contributed by atoms with Gasteiger partial charge >= 0.3 is 11.9 Å². The van der Waals surface area contributed by atoms with Crippen LogP contribution in [0.5, 0.6) is 0 Å². The zero-order valence-electron chi connectivity index (χ0n) is 14.9. The normalized spacial score (nSPS) is 20.8. The van der Waals surface area contributed by atoms with Gasteiger partial charge in [-0.1, -0.05) is 54.1 Å². The third-order valence-electron chi connectivity index (χ3n) is 4.54. The first-order valence-corrected chi connectivity index (χ1v) is 8.15. The second-order valence-corrected chi connectivity index (χ2v) is 6.11. The molecular weight excluding hydrogens is 320 g/mol. The van der Waals surface area contributed by atoms with Crippen LogP contribution in [-0.4, -0.2) is 39.9 Å². The van der Waals surface area contributed by atoms with Gasteiger partial charge in [0.25, 0.3) is 0 Å². The van der Waals surface area contributed by atoms with Crippen LogP contribution in [-0.2, 0) is 23.8 Å². The molecule has 134 valence electrons. The third kappa shape index (κ3) is 4.17. The standard InChI is InChI=1S/C20H24O5/c1-23-14-17-13-20(18(21)24-2,19(22)25-3)12-16(17)11-7-10-15-8-5-4-6-9-15/h4-11,17H,12-14H2,1-3H3/b10-7+,16-11-. The van der Waals surface area contributed by atoms with Crippen molar-refractivity contribution in [2.24, 2.45) is 11.3 Å². The lowest BCUT2D eigenvalue weighted by Crippen LogP contribution is -2.39. The predicted molar refractivity (Wildman–Crippen MR) is 94.6 cm³/mol. The lowest BCUT2D eigenvalue weighted by molar-refractivity contribution is -0.168. The molecule has 1 aliphatic carbocycles. The summed E-state index contributed by atoms with van der Waals surface area (Å²) in [5.74, 6) is -1.16. The van der Waals surface area contributed by atoms with Gasteiger partial charge in [0.2, 0.25) is 0 Å². The monoisotopic (exact) mass is 344 g/mol. The Morgan fingerprint density at radius 3 is 2.32 bits per heavy atom. The second kappa shape index (κ2) is 8.62. The molecule has 1 fully saturated rings. The molecule has 0 bridgehead atoms. The topological polar surface area (TPSA) is 61.8 Å². The molecule has 0 radical (unpaired) electrons. The van der Waals surface area contributed by atoms with E-state index in [4.69, 9.17) is 14.2 Å². The van der Waals surface area contributed by atoms with Crippen molar-refractivity contribution < 1.29 is 23.8 Å². The molecule has 0 N–H and O–H groups in total. The molecule has 25 heavy (non-hydrogen) atoms. The van der Waals surface area contributed by atoms with Crippen LogP contribution in [0.2, 0.25) is 0 Å². The van der Waals surface area contributed by atoms with Crippen molar-refractivity contribution in [2.75, 3.05) is 27.9 Å². The Hall–Kier alpha value is -2.40. The minimum absolute atomic E-state index is 0.0383. The molecule has 5 nitrogen and oxygen atoms in total. The highest BCUT2D eigenvalue weighted by atomic mass is 16.5. The lowest BCUT2D eigenvalue weighted by atomic mass is 9.85. The third-order valence-corrected chi connectivity index (χ3v) is 4.54. The molecule has 1 aliphatic rings. The predicted octanol–water partition coefficient (Wildman–Crippen LogP) is 3.02. The summed E-state index contributed by atoms with van der Waals surface area (Å²) in [5, 5.41) is 0. The van der Waals surface area contributed by atoms with E-state index in [1.165, 1.54) is 14.2 Å². The van der Waals surface area contributed by atoms with Crippen molar-refractivity contribution in [3.63, 3.8) is 0 Å². The average molecular weight is 344 g/mol. The molecule has 2 rings (SSSR count). The molecule has 0 heterocycles. The Bertz CT molecular complexity index is 644. The van der Waals surface area contributed by atoms with Gasteiger partial charge in [0.05, 0.1) is 20.8 Å². The summed E-state index contributed by atoms with van der Waals surface area (Å²) in [6, 6.07) is 9.90. The van der Waals surface area contributed by atoms with Crippen LogP contribution < -0.4 is 0 Å². The minimum Gasteiger partial charge on any atom is -0.468 e. The number of hydrogen-bond donors (Lipinski definition) is 0. The van der Waals surface area contributed by atoms with E-state index in [9.17, 15) is 9.59 Å². The van der Waals surface area contributed by atoms with Crippen LogP contribution in [0.15, 0.2) is 48.1 Å². The van der Waals surface area contributed by atoms with Crippen LogP contribution in [0.3, 0.4) is 0 Å². The number of rotatable bonds is 6. The Morgan fingerprint density at radius 2 is 1.76 bits per heavy atom. The molecule has 1 unspecified atom stereocenters. The number of benzene rings is 1. The van der Waals surface area contributed by atoms with Crippen LogP contribution in [0.4, 0.5) is 0 Å². The summed E-state index contributed by atoms with van der Waals surface area (Å²) >= 11 is 0. The summed E-state index contributed by atoms with van der Waals surface area (Å²) in [6.07, 6.45) is 6.46. The average Bonchev–Trinajstić information content (AvgIpc) is 3.01. The minimum atomic E-state index is -1.29. The molecule has 0 spiro atoms. The van der Waals surface area contributed by atoms with Crippen molar-refractivity contribution in [3.05, 3.63) is 53.6 Å². The van der Waals surface area contributed by atoms with E-state index < -0.39 is 17.4 Å². The Kier molecular flexibility index (Phi) is 6.53. The second-order valence-electron chi connectivity index (χ2n) is 6.11. The van der Waals surface area contributed by atoms with Crippen LogP contribution in [0.25, 0.3) is 6.08 Å². The Morgan fingerprint density at radius 1 is 1.12 bits per heavy atom. The van der Waals surface area contributed by atoms with Gasteiger partial charge in [-0.25, -0.2) is 0 Å². The maximum atomic E-state index is 12.3. The number of carbonyl (C=O) groups is 2. The highest BCUT2D eigenvalue weighted by Crippen LogP contribution is 2.47. The summed E-state index contributed by atoms with van der Waals surface area (Å²) in [6.45, 7) is 0.431. The number of hydrogen-bond acceptors (Lipinski definition) is 5. The fourth-order valence-corrected chi connectivity index (χ4v) is 3.31. The van der Waals surface area contributed by atoms with E-state index in [2.05, 4.69) is 0 Å². The van der Waals surface area contributed by atoms with Crippen molar-refractivity contribution in [2.45, 2.75) is 12.8 Å². The van der Waals surface area contributed by atoms with E-state index in [-0.39, 0.29) is 12.3 Å². The molecule has 0 aliphatic heterocycles. The first kappa shape index (κ1) is 18.9. The van der Waals surface area contributed by atoms with Gasteiger partial charge in [0.1, 0.15) is 0 Å². The lowest BCUT2D eigenvalue weighted by Gasteiger charge is -2.22. The molecule has 1 aromatic carbocycles. The van der Waals surface area contributed by atoms with Crippen LogP contribution in [0.1, 0.15) is 18.4 Å². The molecular formula is C20H24O5. The van der Waals surface area contributed by atoms with Gasteiger partial charge in [-0.3, -0.25) is 9.59 Å². The zero-order chi connectivity index (χ0) is 18.3. The largest absolute Gasteiger partial charge is 0.468 e. The molecule has 1 saturated carbocycles. The molecule has 0 amide bonds. The first-order valence-electron chi connectivity index (χ1n) is 8.15. The number of ether oxygens (including phenoxy) is 3. The van der Waals surface area contributed by atoms with Gasteiger partial charge < -0.3 is 14.2 Å². The fraction of sp³-hybridized carbons (Fsp3) is 0.400. The fourth-order valence-electron chi connectivity index (χ4n) is 3.31. The van der Waals surface area contributed by atoms with E-state index >= 15 is 0 Å². The summed E-state index contributed by atoms with van der Waals surface area (Å²) in [7, 11) is 4.18. The SMILES string of the molecule is COCC1CC(C(=O)OC)(C(=O)OC)C/C1=C/C=C/c1ccccc1. The zero-order valence-corrected chi connectivity index (χ0v) is 14.9. The van der Waals surface area contributed by atoms with Gasteiger partial charge in [-0.15, -0.1) is 0 Å². The number of allylic oxidation sites excluding steroid dienone is 2. The highest BCUT2D eigenvalue weighted by molar-refractivity contribution is 6.01. The van der Waals surface area contributed by atoms with Crippen molar-refractivity contribution in [3.8, 4) is 0 Å². The Labute approximate surface area is 148 Å². The van der Waals surface area contributed by atoms with Crippen molar-refractivity contribution in [1.29, 1.82) is 0 Å². The molecule has 0 aromatic heterocycles. The van der Waals surface area contributed by atoms with Crippen LogP contribution >= 0.6 is 0 Å². The summed E-state index contributed by atoms with van der Waals surface area (Å²) in [5.41, 5.74) is 0.761. The molecule has 5 heteroatoms. The van der Waals surface area contributed by atoms with E-state index in [0.717, 1.165) is 11.1 Å². The van der Waals surface area contributed by atoms with E-state index in [0.29, 0.717) is 13.0 Å². The molecule has 0 saturated heterocycles. The molecule has 1 aromatic rings. The Balaban J connectivity index is 2.29. The van der Waals surface area contributed by atoms with E-state index in [1.54, 1.807) is 7.11 Å². The van der Waals surface area contributed by atoms with Gasteiger partial charge in [-0.05, 0) is 18.4 Å². The summed E-state index contributed by atoms with van der Waals surface area (Å²) in [4.78, 5) is 24.6. The maximum Gasteiger partial charge on any atom is 0.323 e. The number of methoxy groups -OCH3 is 3. The number of esters is 2. The smallest absolute Gasteiger partial charge is 0.323 e. The maximum absolute atomic E-state index is 12.3. The highest BCUT2D eigenvalue weighted by Gasteiger charge is 2.55. The molecule has 1 atom stereocenters. The van der Waals surface area contributed by atoms with E-state index in [1.807, 2.05) is 48.6 Å². The van der Waals surface area contributed by atoms with Gasteiger partial charge in [0.15, 0.2) is 5.41 Å². The quantitative estimate of drug-likeness (QED) is 0.586. The van der Waals surface area contributed by atoms with Crippen molar-refractivity contribution >= 4 is 18.0 Å². The van der Waals surface area contributed by atoms with Gasteiger partial charge in [0, 0.05) is 13.0 Å². The number of carbonyl (C=O) groups excluding carboxylic acids is 2.